The minimum atomic E-state index is -2.77. The van der Waals surface area contributed by atoms with Crippen molar-refractivity contribution in [1.29, 1.82) is 0 Å². The Morgan fingerprint density at radius 3 is 2.90 bits per heavy atom. The first kappa shape index (κ1) is 16.1. The first-order valence-corrected chi connectivity index (χ1v) is 7.40. The molecule has 4 nitrogen and oxygen atoms in total. The van der Waals surface area contributed by atoms with Crippen molar-refractivity contribution in [3.05, 3.63) is 33.2 Å². The molecule has 10 heteroatoms. The summed E-state index contributed by atoms with van der Waals surface area (Å²) in [5, 5.41) is 6.08. The lowest BCUT2D eigenvalue weighted by atomic mass is 10.3. The fourth-order valence-electron chi connectivity index (χ4n) is 1.45. The third-order valence-corrected chi connectivity index (χ3v) is 4.02. The number of benzene rings is 1. The maximum Gasteiger partial charge on any atom is 0.283 e. The highest BCUT2D eigenvalue weighted by Gasteiger charge is 2.21. The third-order valence-electron chi connectivity index (χ3n) is 2.33. The van der Waals surface area contributed by atoms with E-state index in [4.69, 9.17) is 17.0 Å². The number of nitrogens with one attached hydrogen (secondary N) is 1. The first-order valence-electron chi connectivity index (χ1n) is 5.43. The highest BCUT2D eigenvalue weighted by atomic mass is 79.9. The van der Waals surface area contributed by atoms with Gasteiger partial charge in [-0.2, -0.15) is 0 Å². The van der Waals surface area contributed by atoms with Gasteiger partial charge in [-0.1, -0.05) is 32.6 Å². The molecular weight excluding hydrogens is 391 g/mol. The molecule has 0 radical (unpaired) electrons. The number of hydrogen-bond donors (Lipinski definition) is 1. The number of aromatic nitrogens is 2. The molecule has 0 amide bonds. The lowest BCUT2D eigenvalue weighted by molar-refractivity contribution is 0.146. The summed E-state index contributed by atoms with van der Waals surface area (Å²) in [5.74, 6) is 0.199. The summed E-state index contributed by atoms with van der Waals surface area (Å²) in [7, 11) is 0. The van der Waals surface area contributed by atoms with Crippen LogP contribution < -0.4 is 10.1 Å². The molecule has 0 saturated heterocycles. The molecule has 1 N–H and O–H groups in total. The Kier molecular flexibility index (Phi) is 5.48. The molecule has 0 fully saturated rings. The minimum Gasteiger partial charge on any atom is -0.461 e. The summed E-state index contributed by atoms with van der Waals surface area (Å²) in [5.41, 5.74) is -0.128. The Labute approximate surface area is 135 Å². The van der Waals surface area contributed by atoms with E-state index in [1.54, 1.807) is 12.1 Å². The molecule has 0 aliphatic rings. The molecule has 21 heavy (non-hydrogen) atoms. The van der Waals surface area contributed by atoms with Crippen LogP contribution in [0.2, 0.25) is 0 Å². The van der Waals surface area contributed by atoms with Gasteiger partial charge in [0.25, 0.3) is 6.43 Å². The predicted octanol–water partition coefficient (Wildman–Crippen LogP) is 4.33. The van der Waals surface area contributed by atoms with E-state index in [-0.39, 0.29) is 15.6 Å². The van der Waals surface area contributed by atoms with Gasteiger partial charge in [-0.05, 0) is 29.7 Å². The quantitative estimate of drug-likeness (QED) is 0.760. The smallest absolute Gasteiger partial charge is 0.283 e. The molecule has 0 unspecified atom stereocenters. The summed E-state index contributed by atoms with van der Waals surface area (Å²) >= 11 is 9.04. The van der Waals surface area contributed by atoms with Crippen molar-refractivity contribution in [3.63, 3.8) is 0 Å². The van der Waals surface area contributed by atoms with E-state index in [2.05, 4.69) is 30.8 Å². The van der Waals surface area contributed by atoms with Gasteiger partial charge in [-0.25, -0.2) is 13.2 Å². The molecule has 112 valence electrons. The summed E-state index contributed by atoms with van der Waals surface area (Å²) in [6, 6.07) is 4.79. The Morgan fingerprint density at radius 2 is 2.24 bits per heavy atom. The average Bonchev–Trinajstić information content (AvgIpc) is 2.91. The number of rotatable bonds is 5. The van der Waals surface area contributed by atoms with Crippen molar-refractivity contribution >= 4 is 50.4 Å². The van der Waals surface area contributed by atoms with Crippen molar-refractivity contribution in [2.45, 2.75) is 6.43 Å². The predicted molar refractivity (Wildman–Crippen MR) is 80.9 cm³/mol. The van der Waals surface area contributed by atoms with Crippen molar-refractivity contribution < 1.29 is 17.9 Å². The average molecular weight is 398 g/mol. The molecule has 0 aliphatic heterocycles. The highest BCUT2D eigenvalue weighted by Crippen LogP contribution is 2.30. The van der Waals surface area contributed by atoms with Gasteiger partial charge in [0, 0.05) is 4.47 Å². The van der Waals surface area contributed by atoms with Crippen LogP contribution in [0.3, 0.4) is 0 Å². The molecule has 0 spiro atoms. The van der Waals surface area contributed by atoms with Gasteiger partial charge in [0.1, 0.15) is 15.6 Å². The maximum atomic E-state index is 12.7. The molecule has 2 aromatic rings. The molecule has 0 aliphatic carbocycles. The van der Waals surface area contributed by atoms with Crippen molar-refractivity contribution in [3.8, 4) is 5.75 Å². The lowest BCUT2D eigenvalue weighted by Crippen LogP contribution is -2.12. The van der Waals surface area contributed by atoms with E-state index in [9.17, 15) is 13.2 Å². The second kappa shape index (κ2) is 7.14. The van der Waals surface area contributed by atoms with Gasteiger partial charge >= 0.3 is 0 Å². The molecular formula is C11H7BrF3N3OS2. The zero-order valence-electron chi connectivity index (χ0n) is 10.1. The van der Waals surface area contributed by atoms with E-state index in [0.717, 1.165) is 11.5 Å². The number of ether oxygens (including phenoxy) is 1. The van der Waals surface area contributed by atoms with Gasteiger partial charge in [-0.15, -0.1) is 5.10 Å². The van der Waals surface area contributed by atoms with E-state index in [0.29, 0.717) is 10.2 Å². The zero-order chi connectivity index (χ0) is 15.4. The highest BCUT2D eigenvalue weighted by molar-refractivity contribution is 9.10. The maximum absolute atomic E-state index is 12.7. The van der Waals surface area contributed by atoms with Crippen LogP contribution >= 0.6 is 39.7 Å². The van der Waals surface area contributed by atoms with Gasteiger partial charge in [0.05, 0.1) is 5.69 Å². The number of halogens is 4. The third kappa shape index (κ3) is 3.89. The van der Waals surface area contributed by atoms with E-state index < -0.39 is 19.0 Å². The Bertz CT molecular complexity index is 653. The summed E-state index contributed by atoms with van der Waals surface area (Å²) in [4.78, 5) is 0.0837. The van der Waals surface area contributed by atoms with Crippen LogP contribution in [0.4, 0.5) is 18.9 Å². The van der Waals surface area contributed by atoms with Gasteiger partial charge in [0.15, 0.2) is 5.69 Å². The number of thiocarbonyl (C=S) groups is 1. The van der Waals surface area contributed by atoms with Crippen LogP contribution in [0.1, 0.15) is 17.0 Å². The minimum absolute atomic E-state index is 0.0198. The summed E-state index contributed by atoms with van der Waals surface area (Å²) in [6.07, 6.45) is -2.77. The SMILES string of the molecule is FCOc1cc(Br)ccc1NC(=S)c1snnc1C(F)F. The molecule has 1 heterocycles. The van der Waals surface area contributed by atoms with Gasteiger partial charge < -0.3 is 10.1 Å². The summed E-state index contributed by atoms with van der Waals surface area (Å²) in [6.45, 7) is -1.03. The molecule has 0 atom stereocenters. The largest absolute Gasteiger partial charge is 0.461 e. The van der Waals surface area contributed by atoms with Crippen LogP contribution in [0, 0.1) is 0 Å². The van der Waals surface area contributed by atoms with Crippen molar-refractivity contribution in [2.24, 2.45) is 0 Å². The van der Waals surface area contributed by atoms with Crippen LogP contribution in [-0.4, -0.2) is 21.4 Å². The fourth-order valence-corrected chi connectivity index (χ4v) is 2.69. The molecule has 2 rings (SSSR count). The normalized spacial score (nSPS) is 10.7. The Morgan fingerprint density at radius 1 is 1.48 bits per heavy atom. The second-order valence-electron chi connectivity index (χ2n) is 3.64. The standard InChI is InChI=1S/C11H7BrF3N3OS2/c12-5-1-2-6(7(3-5)19-4-13)16-11(20)9-8(10(14)15)17-18-21-9/h1-3,10H,4H2,(H,16,20). The van der Waals surface area contributed by atoms with Crippen LogP contribution in [-0.2, 0) is 0 Å². The Balaban J connectivity index is 2.25. The van der Waals surface area contributed by atoms with Crippen molar-refractivity contribution in [1.82, 2.24) is 9.59 Å². The van der Waals surface area contributed by atoms with Gasteiger partial charge in [-0.3, -0.25) is 0 Å². The second-order valence-corrected chi connectivity index (χ2v) is 5.71. The summed E-state index contributed by atoms with van der Waals surface area (Å²) < 4.78 is 46.8. The fraction of sp³-hybridized carbons (Fsp3) is 0.182. The molecule has 0 saturated carbocycles. The number of hydrogen-bond acceptors (Lipinski definition) is 5. The van der Waals surface area contributed by atoms with E-state index in [1.165, 1.54) is 6.07 Å². The van der Waals surface area contributed by atoms with E-state index in [1.807, 2.05) is 0 Å². The first-order chi connectivity index (χ1) is 10.0. The molecule has 1 aromatic heterocycles. The topological polar surface area (TPSA) is 47.0 Å². The van der Waals surface area contributed by atoms with Crippen molar-refractivity contribution in [2.75, 3.05) is 12.2 Å². The number of anilines is 1. The number of nitrogens with zero attached hydrogens (tertiary/aromatic N) is 2. The van der Waals surface area contributed by atoms with Crippen LogP contribution in [0.5, 0.6) is 5.75 Å². The molecule has 1 aromatic carbocycles. The monoisotopic (exact) mass is 397 g/mol. The molecule has 0 bridgehead atoms. The number of alkyl halides is 3. The van der Waals surface area contributed by atoms with Gasteiger partial charge in [0.2, 0.25) is 6.86 Å². The zero-order valence-corrected chi connectivity index (χ0v) is 13.4. The lowest BCUT2D eigenvalue weighted by Gasteiger charge is -2.12. The van der Waals surface area contributed by atoms with Crippen LogP contribution in [0.25, 0.3) is 0 Å². The van der Waals surface area contributed by atoms with E-state index >= 15 is 0 Å². The van der Waals surface area contributed by atoms with Crippen LogP contribution in [0.15, 0.2) is 22.7 Å². The Hall–Kier alpha value is -1.26.